The second-order valence-electron chi connectivity index (χ2n) is 19.0. The van der Waals surface area contributed by atoms with Gasteiger partial charge in [0.1, 0.15) is 5.75 Å². The molecule has 9 unspecified atom stereocenters. The Morgan fingerprint density at radius 3 is 2.69 bits per heavy atom. The lowest BCUT2D eigenvalue weighted by atomic mass is 9.57. The van der Waals surface area contributed by atoms with Crippen LogP contribution >= 0.6 is 22.7 Å². The third kappa shape index (κ3) is 8.02. The van der Waals surface area contributed by atoms with Crippen molar-refractivity contribution in [1.29, 1.82) is 0 Å². The van der Waals surface area contributed by atoms with E-state index in [1.54, 1.807) is 35.8 Å². The summed E-state index contributed by atoms with van der Waals surface area (Å²) in [6, 6.07) is 20.4. The van der Waals surface area contributed by atoms with Crippen molar-refractivity contribution in [2.24, 2.45) is 51.1 Å². The Morgan fingerprint density at radius 2 is 1.87 bits per heavy atom. The smallest absolute Gasteiger partial charge is 0.188 e. The van der Waals surface area contributed by atoms with Crippen LogP contribution in [0.25, 0.3) is 9.75 Å². The van der Waals surface area contributed by atoms with Crippen molar-refractivity contribution in [1.82, 2.24) is 5.32 Å². The Morgan fingerprint density at radius 1 is 1.05 bits per heavy atom. The molecule has 7 N–H and O–H groups in total. The molecule has 10 heteroatoms. The molecule has 61 heavy (non-hydrogen) atoms. The number of benzene rings is 2. The molecular weight excluding hydrogens is 797 g/mol. The van der Waals surface area contributed by atoms with Crippen molar-refractivity contribution in [3.8, 4) is 39.2 Å². The normalized spacial score (nSPS) is 31.8. The fourth-order valence-electron chi connectivity index (χ4n) is 12.6. The maximum Gasteiger partial charge on any atom is 0.188 e. The minimum Gasteiger partial charge on any atom is -0.508 e. The van der Waals surface area contributed by atoms with Crippen LogP contribution in [0.2, 0.25) is 0 Å². The van der Waals surface area contributed by atoms with Crippen molar-refractivity contribution in [2.45, 2.75) is 96.1 Å². The minimum absolute atomic E-state index is 0.0579. The monoisotopic (exact) mass is 854 g/mol. The SMILES string of the molecule is CC#Cc1ccc(-c2ccc(C(=O)C3CCC4CC35CC(C3C#Cc6c(cc(O)cc6NCC(C)(O)Cc6cccc(c6)C3)CC4NC(N)=NC)C3(CCCC3CO)C5)s2)s1. The number of carbonyl (C=O) groups is 1. The Labute approximate surface area is 368 Å². The average molecular weight is 855 g/mol. The number of thiophene rings is 2. The molecule has 3 saturated carbocycles. The number of anilines is 1. The molecule has 9 rings (SSSR count). The van der Waals surface area contributed by atoms with Crippen molar-refractivity contribution in [3.63, 3.8) is 0 Å². The summed E-state index contributed by atoms with van der Waals surface area (Å²) < 4.78 is 0. The number of phenols is 1. The standard InChI is InChI=1S/C51H58N4O4S2/c1-4-7-38-13-16-44(60-38)45-17-18-46(61-45)47(58)40-15-12-34-26-50(40)27-41(51(29-50)19-6-10-36(51)28-56)33-11-14-39-35(23-42(34)55-48(52)53-3)22-37(57)24-43(39)54-30-49(2,59)25-32-9-5-8-31(20-32)21-33/h5,8-9,13,16-18,20,22,24,33-34,36,40-42,54,56-57,59H,6,10,12,15,19,21,23,25-30H2,1-3H3,(H3,52,53,55). The number of phenolic OH excluding ortho intramolecular Hbond substituents is 1. The lowest BCUT2D eigenvalue weighted by Crippen LogP contribution is -2.50. The molecule has 2 spiro atoms. The largest absolute Gasteiger partial charge is 0.508 e. The van der Waals surface area contributed by atoms with E-state index in [1.165, 1.54) is 5.56 Å². The third-order valence-electron chi connectivity index (χ3n) is 15.1. The summed E-state index contributed by atoms with van der Waals surface area (Å²) in [5, 5.41) is 41.4. The summed E-state index contributed by atoms with van der Waals surface area (Å²) in [5.41, 5.74) is 9.63. The summed E-state index contributed by atoms with van der Waals surface area (Å²) in [4.78, 5) is 23.8. The molecule has 4 aliphatic carbocycles. The van der Waals surface area contributed by atoms with Crippen LogP contribution in [0.5, 0.6) is 5.75 Å². The number of nitrogens with one attached hydrogen (secondary N) is 2. The van der Waals surface area contributed by atoms with Gasteiger partial charge in [-0.1, -0.05) is 48.4 Å². The van der Waals surface area contributed by atoms with E-state index in [2.05, 4.69) is 81.8 Å². The van der Waals surface area contributed by atoms with Gasteiger partial charge in [0.2, 0.25) is 0 Å². The number of hydrogen-bond acceptors (Lipinski definition) is 8. The van der Waals surface area contributed by atoms with Crippen molar-refractivity contribution in [3.05, 3.63) is 92.7 Å². The van der Waals surface area contributed by atoms with Crippen LogP contribution in [-0.4, -0.2) is 58.9 Å². The summed E-state index contributed by atoms with van der Waals surface area (Å²) in [6.07, 6.45) is 8.94. The van der Waals surface area contributed by atoms with E-state index in [-0.39, 0.29) is 71.1 Å². The number of ketones is 1. The highest BCUT2D eigenvalue weighted by molar-refractivity contribution is 7.23. The molecule has 318 valence electrons. The molecule has 7 bridgehead atoms. The molecule has 1 aliphatic heterocycles. The van der Waals surface area contributed by atoms with Crippen molar-refractivity contribution in [2.75, 3.05) is 25.5 Å². The lowest BCUT2D eigenvalue weighted by Gasteiger charge is -2.48. The lowest BCUT2D eigenvalue weighted by molar-refractivity contribution is 0.0229. The van der Waals surface area contributed by atoms with Gasteiger partial charge >= 0.3 is 0 Å². The summed E-state index contributed by atoms with van der Waals surface area (Å²) >= 11 is 3.27. The van der Waals surface area contributed by atoms with Gasteiger partial charge in [-0.3, -0.25) is 9.79 Å². The predicted octanol–water partition coefficient (Wildman–Crippen LogP) is 8.42. The summed E-state index contributed by atoms with van der Waals surface area (Å²) in [6.45, 7) is 4.10. The van der Waals surface area contributed by atoms with E-state index in [0.29, 0.717) is 24.5 Å². The number of Topliss-reactive ketones (excluding diaryl/α,β-unsaturated/α-hetero) is 1. The van der Waals surface area contributed by atoms with E-state index < -0.39 is 5.60 Å². The van der Waals surface area contributed by atoms with Gasteiger partial charge in [-0.15, -0.1) is 28.6 Å². The van der Waals surface area contributed by atoms with Gasteiger partial charge in [-0.25, -0.2) is 0 Å². The first-order chi connectivity index (χ1) is 29.4. The fraction of sp³-hybridized carbons (Fsp3) is 0.490. The molecule has 0 saturated heterocycles. The number of nitrogens with zero attached hydrogens (tertiary/aromatic N) is 1. The van der Waals surface area contributed by atoms with Gasteiger partial charge < -0.3 is 31.7 Å². The molecular formula is C51H58N4O4S2. The Bertz CT molecular complexity index is 2480. The van der Waals surface area contributed by atoms with E-state index in [1.807, 2.05) is 26.0 Å². The minimum atomic E-state index is -1.07. The summed E-state index contributed by atoms with van der Waals surface area (Å²) in [5.74, 6) is 14.7. The topological polar surface area (TPSA) is 140 Å². The zero-order chi connectivity index (χ0) is 42.5. The number of aliphatic imine (C=N–C) groups is 1. The molecule has 0 radical (unpaired) electrons. The highest BCUT2D eigenvalue weighted by atomic mass is 32.1. The average Bonchev–Trinajstić information content (AvgIpc) is 4.05. The second-order valence-corrected chi connectivity index (χ2v) is 21.2. The quantitative estimate of drug-likeness (QED) is 0.0513. The molecule has 9 atom stereocenters. The van der Waals surface area contributed by atoms with Crippen molar-refractivity contribution >= 4 is 40.1 Å². The Kier molecular flexibility index (Phi) is 11.4. The van der Waals surface area contributed by atoms with E-state index >= 15 is 4.79 Å². The number of aromatic hydroxyl groups is 1. The summed E-state index contributed by atoms with van der Waals surface area (Å²) in [7, 11) is 1.69. The van der Waals surface area contributed by atoms with E-state index in [9.17, 15) is 15.3 Å². The number of fused-ring (bicyclic) bond motifs is 7. The molecule has 8 nitrogen and oxygen atoms in total. The molecule has 2 aromatic heterocycles. The van der Waals surface area contributed by atoms with Crippen LogP contribution in [0.15, 0.2) is 65.7 Å². The first-order valence-electron chi connectivity index (χ1n) is 22.1. The van der Waals surface area contributed by atoms with Crippen LogP contribution in [0, 0.1) is 64.1 Å². The van der Waals surface area contributed by atoms with Gasteiger partial charge in [0.25, 0.3) is 0 Å². The molecule has 3 heterocycles. The number of rotatable bonds is 5. The van der Waals surface area contributed by atoms with Gasteiger partial charge in [-0.2, -0.15) is 0 Å². The number of aliphatic hydroxyl groups is 2. The predicted molar refractivity (Wildman–Crippen MR) is 247 cm³/mol. The van der Waals surface area contributed by atoms with Crippen molar-refractivity contribution < 1.29 is 20.1 Å². The zero-order valence-electron chi connectivity index (χ0n) is 35.5. The highest BCUT2D eigenvalue weighted by Gasteiger charge is 2.64. The molecule has 2 aromatic carbocycles. The number of carbonyl (C=O) groups excluding carboxylic acids is 1. The highest BCUT2D eigenvalue weighted by Crippen LogP contribution is 2.70. The Balaban J connectivity index is 1.22. The van der Waals surface area contributed by atoms with Gasteiger partial charge in [0, 0.05) is 60.3 Å². The van der Waals surface area contributed by atoms with E-state index in [0.717, 1.165) is 94.0 Å². The number of aliphatic hydroxyl groups excluding tert-OH is 1. The maximum atomic E-state index is 15.3. The van der Waals surface area contributed by atoms with Crippen LogP contribution in [0.4, 0.5) is 5.69 Å². The second kappa shape index (κ2) is 16.6. The fourth-order valence-corrected chi connectivity index (χ4v) is 14.6. The number of nitrogens with two attached hydrogens (primary N) is 1. The van der Waals surface area contributed by atoms with Crippen LogP contribution < -0.4 is 16.4 Å². The number of guanidine groups is 1. The Hall–Kier alpha value is -4.58. The first kappa shape index (κ1) is 41.8. The van der Waals surface area contributed by atoms with Gasteiger partial charge in [0.05, 0.1) is 26.6 Å². The van der Waals surface area contributed by atoms with Crippen LogP contribution in [-0.2, 0) is 19.3 Å². The third-order valence-corrected chi connectivity index (χ3v) is 17.4. The molecule has 0 amide bonds. The molecule has 5 aliphatic rings. The van der Waals surface area contributed by atoms with Gasteiger partial charge in [0.15, 0.2) is 11.7 Å². The van der Waals surface area contributed by atoms with E-state index in [4.69, 9.17) is 5.73 Å². The van der Waals surface area contributed by atoms with Gasteiger partial charge in [-0.05, 0) is 147 Å². The number of hydrogen-bond donors (Lipinski definition) is 6. The zero-order valence-corrected chi connectivity index (χ0v) is 37.2. The van der Waals surface area contributed by atoms with Crippen LogP contribution in [0.1, 0.15) is 102 Å². The maximum absolute atomic E-state index is 15.3. The number of β-amino-alcohol motifs (C(OH)–C–C–N with tert-alkyl or cyclic N) is 1. The molecule has 3 fully saturated rings. The molecule has 4 aromatic rings. The first-order valence-corrected chi connectivity index (χ1v) is 23.7. The van der Waals surface area contributed by atoms with Crippen LogP contribution in [0.3, 0.4) is 0 Å².